The Morgan fingerprint density at radius 1 is 0.585 bits per heavy atom. The summed E-state index contributed by atoms with van der Waals surface area (Å²) in [6.45, 7) is 5.48. The molecule has 5 aromatic carbocycles. The molecule has 0 aliphatic heterocycles. The summed E-state index contributed by atoms with van der Waals surface area (Å²) in [4.78, 5) is 8.89. The van der Waals surface area contributed by atoms with E-state index in [9.17, 15) is 0 Å². The molecule has 5 rings (SSSR count). The van der Waals surface area contributed by atoms with E-state index in [2.05, 4.69) is 147 Å². The van der Waals surface area contributed by atoms with E-state index >= 15 is 0 Å². The molecule has 0 amide bonds. The molecule has 0 aromatic heterocycles. The van der Waals surface area contributed by atoms with Gasteiger partial charge in [-0.3, -0.25) is 0 Å². The molecule has 0 bridgehead atoms. The summed E-state index contributed by atoms with van der Waals surface area (Å²) in [5, 5.41) is 14.6. The first-order chi connectivity index (χ1) is 19.4. The molecule has 0 spiro atoms. The van der Waals surface area contributed by atoms with Crippen LogP contribution in [0.3, 0.4) is 0 Å². The monoisotopic (exact) mass is 666 g/mol. The topological polar surface area (TPSA) is 40.1 Å². The second-order valence-corrected chi connectivity index (χ2v) is 14.0. The van der Waals surface area contributed by atoms with Crippen LogP contribution in [0.2, 0.25) is 0 Å². The fourth-order valence-electron chi connectivity index (χ4n) is 4.62. The van der Waals surface area contributed by atoms with Crippen LogP contribution in [0.15, 0.2) is 127 Å². The molecule has 0 saturated heterocycles. The van der Waals surface area contributed by atoms with Gasteiger partial charge >= 0.3 is 20.4 Å². The summed E-state index contributed by atoms with van der Waals surface area (Å²) in [5.74, 6) is -1.08. The number of carbonyl (C=O) groups is 1. The largest absolute Gasteiger partial charge is 2.00 e. The van der Waals surface area contributed by atoms with Crippen LogP contribution in [0.25, 0.3) is 0 Å². The minimum atomic E-state index is -1.08. The average molecular weight is 667 g/mol. The third kappa shape index (κ3) is 9.57. The van der Waals surface area contributed by atoms with Crippen molar-refractivity contribution in [3.8, 4) is 0 Å². The van der Waals surface area contributed by atoms with Crippen LogP contribution in [0.5, 0.6) is 0 Å². The van der Waals surface area contributed by atoms with E-state index in [0.29, 0.717) is 0 Å². The van der Waals surface area contributed by atoms with E-state index < -0.39 is 21.8 Å². The van der Waals surface area contributed by atoms with Gasteiger partial charge in [-0.05, 0) is 56.3 Å². The van der Waals surface area contributed by atoms with Crippen molar-refractivity contribution in [3.63, 3.8) is 0 Å². The van der Waals surface area contributed by atoms with Crippen molar-refractivity contribution in [1.82, 2.24) is 0 Å². The molecule has 0 aliphatic rings. The van der Waals surface area contributed by atoms with Gasteiger partial charge in [-0.2, -0.15) is 34.4 Å². The van der Waals surface area contributed by atoms with Crippen molar-refractivity contribution in [2.24, 2.45) is 0 Å². The Hall–Kier alpha value is -2.91. The maximum atomic E-state index is 8.89. The van der Waals surface area contributed by atoms with Gasteiger partial charge in [0.2, 0.25) is 0 Å². The quantitative estimate of drug-likeness (QED) is 0.114. The Balaban J connectivity index is 0.000000869. The fourth-order valence-corrected chi connectivity index (χ4v) is 9.36. The van der Waals surface area contributed by atoms with Crippen LogP contribution < -0.4 is 26.3 Å². The number of carboxylic acid groups (broad SMARTS) is 1. The van der Waals surface area contributed by atoms with Gasteiger partial charge in [0.15, 0.2) is 0 Å². The van der Waals surface area contributed by atoms with Crippen molar-refractivity contribution in [2.75, 3.05) is 0 Å². The first kappa shape index (κ1) is 32.6. The van der Waals surface area contributed by atoms with Gasteiger partial charge in [-0.1, -0.05) is 135 Å². The molecule has 0 fully saturated rings. The standard InChI is InChI=1S/C34H31P2.C2H4O2.Pd/c1-27-23-28(2)30(26-36(33-19-11-5-12-20-33)34-21-13-6-14-22-34)24-29(27)25-35(31-15-7-3-8-16-31)32-17-9-4-10-18-32;1-2(3)4;/h3-23H,25-26H2,1-2H3;1H3,(H,3,4);/q-1;;+2/p-1. The molecule has 5 heteroatoms. The van der Waals surface area contributed by atoms with E-state index in [1.54, 1.807) is 0 Å². The number of carboxylic acids is 1. The molecule has 5 aromatic rings. The molecular formula is C36H34O2P2Pd. The molecule has 0 radical (unpaired) electrons. The van der Waals surface area contributed by atoms with Gasteiger partial charge < -0.3 is 9.90 Å². The molecule has 2 nitrogen and oxygen atoms in total. The molecule has 0 heterocycles. The Kier molecular flexibility index (Phi) is 13.1. The summed E-state index contributed by atoms with van der Waals surface area (Å²) in [5.41, 5.74) is 5.40. The number of aryl methyl sites for hydroxylation is 2. The Labute approximate surface area is 261 Å². The summed E-state index contributed by atoms with van der Waals surface area (Å²) in [7, 11) is -0.999. The molecule has 0 saturated carbocycles. The molecule has 0 N–H and O–H groups in total. The van der Waals surface area contributed by atoms with Crippen molar-refractivity contribution < 1.29 is 30.3 Å². The van der Waals surface area contributed by atoms with Crippen molar-refractivity contribution in [2.45, 2.75) is 33.1 Å². The van der Waals surface area contributed by atoms with Gasteiger partial charge in [0.1, 0.15) is 0 Å². The van der Waals surface area contributed by atoms with Crippen molar-refractivity contribution in [3.05, 3.63) is 156 Å². The predicted molar refractivity (Wildman–Crippen MR) is 171 cm³/mol. The molecule has 0 aliphatic carbocycles. The summed E-state index contributed by atoms with van der Waals surface area (Å²) < 4.78 is 0. The average Bonchev–Trinajstić information content (AvgIpc) is 2.98. The van der Waals surface area contributed by atoms with Gasteiger partial charge in [-0.25, -0.2) is 0 Å². The van der Waals surface area contributed by atoms with Gasteiger partial charge in [0.25, 0.3) is 0 Å². The zero-order chi connectivity index (χ0) is 28.3. The number of aliphatic carboxylic acids is 1. The van der Waals surface area contributed by atoms with E-state index in [1.165, 1.54) is 43.5 Å². The van der Waals surface area contributed by atoms with E-state index in [-0.39, 0.29) is 20.4 Å². The van der Waals surface area contributed by atoms with E-state index in [1.807, 2.05) is 0 Å². The van der Waals surface area contributed by atoms with Crippen LogP contribution >= 0.6 is 15.8 Å². The summed E-state index contributed by atoms with van der Waals surface area (Å²) in [6.07, 6.45) is 2.02. The third-order valence-corrected chi connectivity index (χ3v) is 11.5. The normalized spacial score (nSPS) is 10.5. The molecule has 210 valence electrons. The number of benzene rings is 5. The Morgan fingerprint density at radius 2 is 0.829 bits per heavy atom. The first-order valence-electron chi connectivity index (χ1n) is 13.4. The maximum Gasteiger partial charge on any atom is 2.00 e. The van der Waals surface area contributed by atoms with Crippen molar-refractivity contribution >= 4 is 43.0 Å². The minimum absolute atomic E-state index is 0. The SMILES string of the molecule is CC(=O)[O-].Cc1cc(C)c(CP(c2ccccc2)c2ccccc2)[c-]c1CP(c1ccccc1)c1ccccc1.[Pd+2]. The Morgan fingerprint density at radius 3 is 1.07 bits per heavy atom. The van der Waals surface area contributed by atoms with Gasteiger partial charge in [0.05, 0.1) is 0 Å². The Bertz CT molecular complexity index is 1310. The summed E-state index contributed by atoms with van der Waals surface area (Å²) >= 11 is 0. The fraction of sp³-hybridized carbons (Fsp3) is 0.139. The third-order valence-electron chi connectivity index (χ3n) is 6.59. The van der Waals surface area contributed by atoms with Gasteiger partial charge in [0, 0.05) is 5.97 Å². The first-order valence-corrected chi connectivity index (χ1v) is 16.4. The predicted octanol–water partition coefficient (Wildman–Crippen LogP) is 6.12. The van der Waals surface area contributed by atoms with Crippen LogP contribution in [0.1, 0.15) is 29.2 Å². The minimum Gasteiger partial charge on any atom is -0.550 e. The number of hydrogen-bond donors (Lipinski definition) is 0. The number of hydrogen-bond acceptors (Lipinski definition) is 2. The van der Waals surface area contributed by atoms with Crippen LogP contribution in [-0.2, 0) is 37.5 Å². The molecule has 0 unspecified atom stereocenters. The second kappa shape index (κ2) is 16.5. The van der Waals surface area contributed by atoms with Crippen LogP contribution in [0.4, 0.5) is 0 Å². The molecule has 41 heavy (non-hydrogen) atoms. The number of carbonyl (C=O) groups excluding carboxylic acids is 1. The van der Waals surface area contributed by atoms with Crippen LogP contribution in [0, 0.1) is 19.9 Å². The van der Waals surface area contributed by atoms with Gasteiger partial charge in [-0.15, -0.1) is 0 Å². The van der Waals surface area contributed by atoms with E-state index in [0.717, 1.165) is 19.2 Å². The van der Waals surface area contributed by atoms with Crippen molar-refractivity contribution in [1.29, 1.82) is 0 Å². The molecular weight excluding hydrogens is 633 g/mol. The maximum absolute atomic E-state index is 8.89. The molecule has 0 atom stereocenters. The van der Waals surface area contributed by atoms with Crippen LogP contribution in [-0.4, -0.2) is 5.97 Å². The van der Waals surface area contributed by atoms with E-state index in [4.69, 9.17) is 9.90 Å². The number of rotatable bonds is 8. The second-order valence-electron chi connectivity index (χ2n) is 9.60. The zero-order valence-corrected chi connectivity index (χ0v) is 26.9. The smallest absolute Gasteiger partial charge is 0.550 e. The summed E-state index contributed by atoms with van der Waals surface area (Å²) in [6, 6.07) is 50.4. The zero-order valence-electron chi connectivity index (χ0n) is 23.6.